The maximum Gasteiger partial charge on any atom is 0.399 e. The number of fused-ring (bicyclic) bond motifs is 1. The highest BCUT2D eigenvalue weighted by Crippen LogP contribution is 2.59. The molecule has 4 rings (SSSR count). The first kappa shape index (κ1) is 36.5. The van der Waals surface area contributed by atoms with E-state index in [9.17, 15) is 46.1 Å². The van der Waals surface area contributed by atoms with Crippen LogP contribution in [0.5, 0.6) is 0 Å². The van der Waals surface area contributed by atoms with Crippen LogP contribution in [0.15, 0.2) is 88.1 Å². The summed E-state index contributed by atoms with van der Waals surface area (Å²) < 4.78 is 72.7. The van der Waals surface area contributed by atoms with Crippen LogP contribution in [0.4, 0.5) is 17.6 Å². The lowest BCUT2D eigenvalue weighted by Gasteiger charge is -2.23. The molecule has 0 radical (unpaired) electrons. The predicted octanol–water partition coefficient (Wildman–Crippen LogP) is 2.75. The molecular formula is C31H26F4N3O10P. The molecule has 2 unspecified atom stereocenters. The van der Waals surface area contributed by atoms with Gasteiger partial charge in [0.1, 0.15) is 17.7 Å². The standard InChI is InChI=1S/C31H26F4N3O10P/c32-30(33,29(43)44)18-9-5-17(6-10-18)14-22(38-28(42)25-15-23(39)20-3-1-2-4-24(20)48-25)27(41)37-21(26(36)40)13-16-7-11-19(12-8-16)31(34,35)49(45,46)47/h1-12,15,21-22H,13-14H2,(H2,36,40)(H,37,41)(H,38,42)(H,43,44)(H2,45,46,47). The second kappa shape index (κ2) is 14.0. The molecule has 4 aromatic rings. The molecule has 18 heteroatoms. The van der Waals surface area contributed by atoms with Crippen LogP contribution in [0.2, 0.25) is 0 Å². The summed E-state index contributed by atoms with van der Waals surface area (Å²) in [6.45, 7) is 0. The third-order valence-electron chi connectivity index (χ3n) is 7.27. The van der Waals surface area contributed by atoms with Gasteiger partial charge in [0.15, 0.2) is 11.2 Å². The molecule has 0 spiro atoms. The van der Waals surface area contributed by atoms with Crippen molar-refractivity contribution in [2.75, 3.05) is 0 Å². The van der Waals surface area contributed by atoms with Crippen molar-refractivity contribution in [3.63, 3.8) is 0 Å². The Hall–Kier alpha value is -5.38. The molecule has 2 atom stereocenters. The predicted molar refractivity (Wildman–Crippen MR) is 163 cm³/mol. The summed E-state index contributed by atoms with van der Waals surface area (Å²) in [7, 11) is -5.86. The van der Waals surface area contributed by atoms with Gasteiger partial charge in [0.2, 0.25) is 11.8 Å². The average molecular weight is 708 g/mol. The number of hydrogen-bond acceptors (Lipinski definition) is 7. The van der Waals surface area contributed by atoms with Gasteiger partial charge in [-0.25, -0.2) is 4.79 Å². The molecule has 13 nitrogen and oxygen atoms in total. The Kier molecular flexibility index (Phi) is 10.4. The fraction of sp³-hybridized carbons (Fsp3) is 0.194. The Labute approximate surface area is 272 Å². The van der Waals surface area contributed by atoms with E-state index in [0.29, 0.717) is 12.1 Å². The molecule has 258 valence electrons. The van der Waals surface area contributed by atoms with E-state index in [1.54, 1.807) is 12.1 Å². The van der Waals surface area contributed by atoms with Crippen LogP contribution in [-0.2, 0) is 43.4 Å². The van der Waals surface area contributed by atoms with E-state index in [-0.39, 0.29) is 22.1 Å². The summed E-state index contributed by atoms with van der Waals surface area (Å²) in [5.74, 6) is -10.3. The maximum absolute atomic E-state index is 14.1. The number of benzene rings is 3. The SMILES string of the molecule is NC(=O)C(Cc1ccc(C(F)(F)P(=O)(O)O)cc1)NC(=O)C(Cc1ccc(C(F)(F)C(=O)O)cc1)NC(=O)c1cc(=O)c2ccccc2o1. The lowest BCUT2D eigenvalue weighted by molar-refractivity contribution is -0.166. The largest absolute Gasteiger partial charge is 0.477 e. The molecule has 0 saturated carbocycles. The molecule has 3 amide bonds. The number of carboxylic acid groups (broad SMARTS) is 1. The number of aliphatic carboxylic acids is 1. The lowest BCUT2D eigenvalue weighted by Crippen LogP contribution is -2.54. The fourth-order valence-electron chi connectivity index (χ4n) is 4.60. The quantitative estimate of drug-likeness (QED) is 0.0880. The number of amides is 3. The molecule has 49 heavy (non-hydrogen) atoms. The summed E-state index contributed by atoms with van der Waals surface area (Å²) >= 11 is 0. The minimum absolute atomic E-state index is 0.0504. The number of alkyl halides is 4. The molecule has 1 heterocycles. The van der Waals surface area contributed by atoms with Crippen LogP contribution in [-0.4, -0.2) is 50.7 Å². The van der Waals surface area contributed by atoms with E-state index in [0.717, 1.165) is 42.5 Å². The van der Waals surface area contributed by atoms with Crippen LogP contribution in [0.1, 0.15) is 32.8 Å². The highest BCUT2D eigenvalue weighted by atomic mass is 31.2. The van der Waals surface area contributed by atoms with Gasteiger partial charge in [0.25, 0.3) is 5.91 Å². The first-order valence-electron chi connectivity index (χ1n) is 14.0. The van der Waals surface area contributed by atoms with Crippen molar-refractivity contribution in [3.8, 4) is 0 Å². The Bertz CT molecular complexity index is 2010. The first-order valence-corrected chi connectivity index (χ1v) is 15.6. The number of carbonyl (C=O) groups excluding carboxylic acids is 3. The maximum atomic E-state index is 14.1. The number of hydrogen-bond donors (Lipinski definition) is 6. The fourth-order valence-corrected chi connectivity index (χ4v) is 5.09. The van der Waals surface area contributed by atoms with Gasteiger partial charge in [-0.2, -0.15) is 17.6 Å². The molecule has 0 saturated heterocycles. The molecule has 3 aromatic carbocycles. The molecule has 1 aromatic heterocycles. The number of para-hydroxylation sites is 1. The smallest absolute Gasteiger partial charge is 0.399 e. The number of carbonyl (C=O) groups is 4. The van der Waals surface area contributed by atoms with Crippen molar-refractivity contribution in [3.05, 3.63) is 117 Å². The first-order chi connectivity index (χ1) is 22.8. The monoisotopic (exact) mass is 707 g/mol. The number of halogens is 4. The topological polar surface area (TPSA) is 226 Å². The zero-order valence-electron chi connectivity index (χ0n) is 24.8. The van der Waals surface area contributed by atoms with Crippen molar-refractivity contribution in [1.82, 2.24) is 10.6 Å². The summed E-state index contributed by atoms with van der Waals surface area (Å²) in [6, 6.07) is 11.0. The lowest BCUT2D eigenvalue weighted by atomic mass is 10.00. The third-order valence-corrected chi connectivity index (χ3v) is 8.26. The van der Waals surface area contributed by atoms with Gasteiger partial charge in [0, 0.05) is 30.0 Å². The van der Waals surface area contributed by atoms with Crippen LogP contribution in [0, 0.1) is 0 Å². The molecular weight excluding hydrogens is 681 g/mol. The van der Waals surface area contributed by atoms with Crippen molar-refractivity contribution in [1.29, 1.82) is 0 Å². The van der Waals surface area contributed by atoms with E-state index in [4.69, 9.17) is 25.0 Å². The summed E-state index contributed by atoms with van der Waals surface area (Å²) in [4.78, 5) is 80.4. The van der Waals surface area contributed by atoms with Gasteiger partial charge in [0.05, 0.1) is 5.39 Å². The minimum atomic E-state index is -5.86. The van der Waals surface area contributed by atoms with Crippen LogP contribution in [0.25, 0.3) is 11.0 Å². The molecule has 0 aliphatic carbocycles. The number of carboxylic acids is 1. The number of rotatable bonds is 13. The van der Waals surface area contributed by atoms with Crippen LogP contribution < -0.4 is 21.8 Å². The van der Waals surface area contributed by atoms with E-state index < -0.39 is 90.1 Å². The number of nitrogens with one attached hydrogen (secondary N) is 2. The second-order valence-corrected chi connectivity index (χ2v) is 12.4. The van der Waals surface area contributed by atoms with Crippen LogP contribution in [0.3, 0.4) is 0 Å². The molecule has 0 aliphatic rings. The Morgan fingerprint density at radius 2 is 1.35 bits per heavy atom. The molecule has 7 N–H and O–H groups in total. The van der Waals surface area contributed by atoms with Gasteiger partial charge in [-0.3, -0.25) is 23.7 Å². The number of primary amides is 1. The van der Waals surface area contributed by atoms with Crippen molar-refractivity contribution in [2.24, 2.45) is 5.73 Å². The van der Waals surface area contributed by atoms with Crippen molar-refractivity contribution >= 4 is 42.3 Å². The summed E-state index contributed by atoms with van der Waals surface area (Å²) in [5.41, 5.74) is -1.19. The Balaban J connectivity index is 1.61. The van der Waals surface area contributed by atoms with E-state index in [2.05, 4.69) is 10.6 Å². The summed E-state index contributed by atoms with van der Waals surface area (Å²) in [5, 5.41) is 13.6. The average Bonchev–Trinajstić information content (AvgIpc) is 3.03. The van der Waals surface area contributed by atoms with Gasteiger partial charge >= 0.3 is 25.2 Å². The second-order valence-electron chi connectivity index (χ2n) is 10.7. The Morgan fingerprint density at radius 1 is 0.816 bits per heavy atom. The summed E-state index contributed by atoms with van der Waals surface area (Å²) in [6.07, 6.45) is -0.825. The van der Waals surface area contributed by atoms with Gasteiger partial charge in [-0.05, 0) is 23.3 Å². The molecule has 0 aliphatic heterocycles. The van der Waals surface area contributed by atoms with Crippen molar-refractivity contribution in [2.45, 2.75) is 36.5 Å². The normalized spacial score (nSPS) is 13.3. The highest BCUT2D eigenvalue weighted by molar-refractivity contribution is 7.52. The van der Waals surface area contributed by atoms with Crippen LogP contribution >= 0.6 is 7.60 Å². The third kappa shape index (κ3) is 8.20. The van der Waals surface area contributed by atoms with Crippen molar-refractivity contribution < 1.29 is 60.6 Å². The van der Waals surface area contributed by atoms with Gasteiger partial charge in [-0.1, -0.05) is 60.7 Å². The van der Waals surface area contributed by atoms with E-state index in [1.807, 2.05) is 0 Å². The zero-order chi connectivity index (χ0) is 36.3. The Morgan fingerprint density at radius 3 is 1.88 bits per heavy atom. The molecule has 0 fully saturated rings. The number of nitrogens with two attached hydrogens (primary N) is 1. The van der Waals surface area contributed by atoms with Gasteiger partial charge < -0.3 is 35.7 Å². The highest BCUT2D eigenvalue weighted by Gasteiger charge is 2.50. The van der Waals surface area contributed by atoms with Gasteiger partial charge in [-0.15, -0.1) is 0 Å². The zero-order valence-corrected chi connectivity index (χ0v) is 25.7. The van der Waals surface area contributed by atoms with E-state index >= 15 is 0 Å². The molecule has 0 bridgehead atoms. The minimum Gasteiger partial charge on any atom is -0.477 e. The van der Waals surface area contributed by atoms with E-state index in [1.165, 1.54) is 12.1 Å².